The van der Waals surface area contributed by atoms with Crippen LogP contribution in [0.15, 0.2) is 18.2 Å². The molecule has 0 aliphatic carbocycles. The van der Waals surface area contributed by atoms with E-state index in [4.69, 9.17) is 13.7 Å². The summed E-state index contributed by atoms with van der Waals surface area (Å²) in [4.78, 5) is 0. The molecule has 1 atom stereocenters. The minimum Gasteiger partial charge on any atom is -0.464 e. The third-order valence-electron chi connectivity index (χ3n) is 2.94. The molecule has 20 heavy (non-hydrogen) atoms. The number of rotatable bonds is 3. The van der Waals surface area contributed by atoms with Crippen molar-refractivity contribution in [1.82, 2.24) is 0 Å². The van der Waals surface area contributed by atoms with Gasteiger partial charge in [0.25, 0.3) is 0 Å². The molecule has 1 aliphatic rings. The van der Waals surface area contributed by atoms with Gasteiger partial charge in [-0.25, -0.2) is 0 Å². The second kappa shape index (κ2) is 5.54. The van der Waals surface area contributed by atoms with Gasteiger partial charge < -0.3 is 13.7 Å². The predicted molar refractivity (Wildman–Crippen MR) is 79.1 cm³/mol. The van der Waals surface area contributed by atoms with Crippen LogP contribution in [0.1, 0.15) is 19.4 Å². The molecule has 1 aliphatic heterocycles. The van der Waals surface area contributed by atoms with Crippen LogP contribution in [0.4, 0.5) is 0 Å². The molecule has 1 heterocycles. The van der Waals surface area contributed by atoms with Crippen molar-refractivity contribution in [2.24, 2.45) is 0 Å². The molecule has 2 rings (SSSR count). The number of alkyl halides is 1. The molecule has 5 nitrogen and oxygen atoms in total. The highest BCUT2D eigenvalue weighted by molar-refractivity contribution is 9.09. The van der Waals surface area contributed by atoms with E-state index in [-0.39, 0.29) is 17.5 Å². The van der Waals surface area contributed by atoms with Gasteiger partial charge in [-0.05, 0) is 18.2 Å². The smallest absolute Gasteiger partial charge is 0.306 e. The highest BCUT2D eigenvalue weighted by Gasteiger charge is 2.31. The summed E-state index contributed by atoms with van der Waals surface area (Å²) >= 11 is 3.34. The predicted octanol–water partition coefficient (Wildman–Crippen LogP) is 2.43. The molecule has 0 saturated carbocycles. The lowest BCUT2D eigenvalue weighted by Gasteiger charge is -2.23. The molecule has 0 aromatic heterocycles. The molecule has 0 spiro atoms. The van der Waals surface area contributed by atoms with Gasteiger partial charge >= 0.3 is 10.1 Å². The van der Waals surface area contributed by atoms with Gasteiger partial charge in [0.05, 0.1) is 18.2 Å². The summed E-state index contributed by atoms with van der Waals surface area (Å²) in [5.41, 5.74) is 0.561. The standard InChI is InChI=1S/C13H17BrO5S/c1-13(2)8-17-12(7-14)18-11-5-4-9(6-10(11)13)19-20(3,15)16/h4-6,12H,7-8H2,1-3H3. The highest BCUT2D eigenvalue weighted by atomic mass is 79.9. The van der Waals surface area contributed by atoms with E-state index in [1.54, 1.807) is 18.2 Å². The SMILES string of the molecule is CC1(C)COC(CBr)Oc2ccc(OS(C)(=O)=O)cc21. The molecule has 0 N–H and O–H groups in total. The molecule has 1 aromatic rings. The molecule has 0 amide bonds. The van der Waals surface area contributed by atoms with Gasteiger partial charge in [0.1, 0.15) is 11.5 Å². The Bertz CT molecular complexity index is 597. The highest BCUT2D eigenvalue weighted by Crippen LogP contribution is 2.38. The van der Waals surface area contributed by atoms with Crippen molar-refractivity contribution in [1.29, 1.82) is 0 Å². The molecule has 1 unspecified atom stereocenters. The van der Waals surface area contributed by atoms with E-state index in [2.05, 4.69) is 15.9 Å². The van der Waals surface area contributed by atoms with Crippen molar-refractivity contribution >= 4 is 26.0 Å². The molecule has 0 saturated heterocycles. The van der Waals surface area contributed by atoms with E-state index >= 15 is 0 Å². The fourth-order valence-electron chi connectivity index (χ4n) is 2.00. The van der Waals surface area contributed by atoms with Crippen molar-refractivity contribution in [3.05, 3.63) is 23.8 Å². The van der Waals surface area contributed by atoms with Gasteiger partial charge in [0, 0.05) is 11.0 Å². The zero-order valence-electron chi connectivity index (χ0n) is 11.6. The van der Waals surface area contributed by atoms with Crippen LogP contribution in [-0.4, -0.2) is 32.9 Å². The third kappa shape index (κ3) is 3.65. The van der Waals surface area contributed by atoms with Crippen LogP contribution in [-0.2, 0) is 20.3 Å². The molecular weight excluding hydrogens is 348 g/mol. The lowest BCUT2D eigenvalue weighted by Crippen LogP contribution is -2.26. The topological polar surface area (TPSA) is 61.8 Å². The summed E-state index contributed by atoms with van der Waals surface area (Å²) in [6, 6.07) is 4.98. The molecule has 0 bridgehead atoms. The van der Waals surface area contributed by atoms with Crippen LogP contribution in [0.3, 0.4) is 0 Å². The van der Waals surface area contributed by atoms with E-state index in [0.29, 0.717) is 17.7 Å². The van der Waals surface area contributed by atoms with E-state index in [9.17, 15) is 8.42 Å². The van der Waals surface area contributed by atoms with E-state index in [1.165, 1.54) is 0 Å². The number of ether oxygens (including phenoxy) is 2. The van der Waals surface area contributed by atoms with Crippen LogP contribution in [0.5, 0.6) is 11.5 Å². The minimum absolute atomic E-state index is 0.278. The fourth-order valence-corrected chi connectivity index (χ4v) is 2.77. The Balaban J connectivity index is 2.42. The second-order valence-electron chi connectivity index (χ2n) is 5.34. The monoisotopic (exact) mass is 364 g/mol. The lowest BCUT2D eigenvalue weighted by molar-refractivity contribution is -0.0653. The Morgan fingerprint density at radius 2 is 2.15 bits per heavy atom. The summed E-state index contributed by atoms with van der Waals surface area (Å²) < 4.78 is 38.8. The fraction of sp³-hybridized carbons (Fsp3) is 0.538. The second-order valence-corrected chi connectivity index (χ2v) is 7.56. The van der Waals surface area contributed by atoms with Crippen molar-refractivity contribution in [3.8, 4) is 11.5 Å². The number of hydrogen-bond acceptors (Lipinski definition) is 5. The van der Waals surface area contributed by atoms with Crippen molar-refractivity contribution < 1.29 is 22.1 Å². The van der Waals surface area contributed by atoms with Gasteiger partial charge in [-0.2, -0.15) is 8.42 Å². The van der Waals surface area contributed by atoms with Crippen molar-refractivity contribution in [2.45, 2.75) is 25.6 Å². The lowest BCUT2D eigenvalue weighted by atomic mass is 9.85. The molecule has 0 radical (unpaired) electrons. The summed E-state index contributed by atoms with van der Waals surface area (Å²) in [5.74, 6) is 0.956. The Labute approximate surface area is 127 Å². The van der Waals surface area contributed by atoms with Gasteiger partial charge in [0.15, 0.2) is 0 Å². The Hall–Kier alpha value is -0.790. The Morgan fingerprint density at radius 3 is 2.75 bits per heavy atom. The van der Waals surface area contributed by atoms with Gasteiger partial charge in [0.2, 0.25) is 6.29 Å². The zero-order valence-corrected chi connectivity index (χ0v) is 14.0. The Morgan fingerprint density at radius 1 is 1.45 bits per heavy atom. The van der Waals surface area contributed by atoms with E-state index in [1.807, 2.05) is 13.8 Å². The third-order valence-corrected chi connectivity index (χ3v) is 3.97. The first kappa shape index (κ1) is 15.6. The Kier molecular flexibility index (Phi) is 4.32. The molecule has 0 fully saturated rings. The molecule has 7 heteroatoms. The summed E-state index contributed by atoms with van der Waals surface area (Å²) in [7, 11) is -3.55. The number of fused-ring (bicyclic) bond motifs is 1. The van der Waals surface area contributed by atoms with Gasteiger partial charge in [-0.3, -0.25) is 0 Å². The van der Waals surface area contributed by atoms with Crippen LogP contribution in [0.2, 0.25) is 0 Å². The first-order valence-corrected chi connectivity index (χ1v) is 9.03. The van der Waals surface area contributed by atoms with Crippen LogP contribution < -0.4 is 8.92 Å². The minimum atomic E-state index is -3.55. The quantitative estimate of drug-likeness (QED) is 0.608. The van der Waals surface area contributed by atoms with Crippen molar-refractivity contribution in [3.63, 3.8) is 0 Å². The first-order valence-electron chi connectivity index (χ1n) is 6.09. The maximum atomic E-state index is 11.2. The molecular formula is C13H17BrO5S. The summed E-state index contributed by atoms with van der Waals surface area (Å²) in [6.45, 7) is 4.49. The average molecular weight is 365 g/mol. The summed E-state index contributed by atoms with van der Waals surface area (Å²) in [6.07, 6.45) is 0.654. The van der Waals surface area contributed by atoms with Crippen LogP contribution in [0, 0.1) is 0 Å². The largest absolute Gasteiger partial charge is 0.464 e. The zero-order chi connectivity index (χ0) is 15.0. The molecule has 112 valence electrons. The van der Waals surface area contributed by atoms with Gasteiger partial charge in [-0.1, -0.05) is 29.8 Å². The van der Waals surface area contributed by atoms with E-state index < -0.39 is 10.1 Å². The number of hydrogen-bond donors (Lipinski definition) is 0. The first-order chi connectivity index (χ1) is 9.21. The number of benzene rings is 1. The average Bonchev–Trinajstić information content (AvgIpc) is 2.45. The van der Waals surface area contributed by atoms with E-state index in [0.717, 1.165) is 11.8 Å². The normalized spacial score (nSPS) is 21.5. The molecule has 1 aromatic carbocycles. The maximum Gasteiger partial charge on any atom is 0.306 e. The number of halogens is 1. The van der Waals surface area contributed by atoms with Crippen molar-refractivity contribution in [2.75, 3.05) is 18.2 Å². The van der Waals surface area contributed by atoms with Crippen LogP contribution in [0.25, 0.3) is 0 Å². The van der Waals surface area contributed by atoms with Gasteiger partial charge in [-0.15, -0.1) is 0 Å². The van der Waals surface area contributed by atoms with Crippen LogP contribution >= 0.6 is 15.9 Å². The summed E-state index contributed by atoms with van der Waals surface area (Å²) in [5, 5.41) is 0.560. The maximum absolute atomic E-state index is 11.2.